The van der Waals surface area contributed by atoms with Crippen molar-refractivity contribution in [2.24, 2.45) is 0 Å². The van der Waals surface area contributed by atoms with Gasteiger partial charge in [0, 0.05) is 0 Å². The number of unbranched alkanes of at least 4 members (excludes halogenated alkanes) is 5. The van der Waals surface area contributed by atoms with Gasteiger partial charge < -0.3 is 0 Å². The molecule has 0 nitrogen and oxygen atoms in total. The molecule has 2 radical (unpaired) electrons. The normalized spacial score (nSPS) is 11.1. The van der Waals surface area contributed by atoms with Crippen LogP contribution in [-0.4, -0.2) is 0 Å². The Balaban J connectivity index is 2.91. The average Bonchev–Trinajstić information content (AvgIpc) is 2.03. The summed E-state index contributed by atoms with van der Waals surface area (Å²) in [5.41, 5.74) is 0. The van der Waals surface area contributed by atoms with Gasteiger partial charge in [0.15, 0.2) is 0 Å². The van der Waals surface area contributed by atoms with E-state index in [-0.39, 0.29) is 0 Å². The van der Waals surface area contributed by atoms with E-state index in [1.165, 1.54) is 32.1 Å². The third-order valence-corrected chi connectivity index (χ3v) is 1.66. The Morgan fingerprint density at radius 1 is 0.727 bits per heavy atom. The molecule has 0 aromatic carbocycles. The quantitative estimate of drug-likeness (QED) is 0.383. The standard InChI is InChI=1S/C11H20/c1-3-5-7-9-11-10-8-6-4-2/h9,11H,1-8,10H2/b11-9+. The number of allylic oxidation sites excluding steroid dienone is 2. The molecule has 0 rings (SSSR count). The minimum Gasteiger partial charge on any atom is -0.0885 e. The number of rotatable bonds is 7. The Kier molecular flexibility index (Phi) is 9.51. The second kappa shape index (κ2) is 9.74. The van der Waals surface area contributed by atoms with Crippen LogP contribution in [0.2, 0.25) is 0 Å². The minimum atomic E-state index is 1.06. The molecule has 0 aromatic heterocycles. The van der Waals surface area contributed by atoms with Crippen LogP contribution in [-0.2, 0) is 0 Å². The van der Waals surface area contributed by atoms with Crippen molar-refractivity contribution in [2.45, 2.75) is 44.9 Å². The number of hydrogen-bond donors (Lipinski definition) is 0. The molecule has 11 heavy (non-hydrogen) atoms. The maximum absolute atomic E-state index is 3.80. The highest BCUT2D eigenvalue weighted by Crippen LogP contribution is 2.01. The van der Waals surface area contributed by atoms with Crippen molar-refractivity contribution in [1.82, 2.24) is 0 Å². The summed E-state index contributed by atoms with van der Waals surface area (Å²) in [5, 5.41) is 0. The molecule has 0 atom stereocenters. The van der Waals surface area contributed by atoms with Gasteiger partial charge in [0.25, 0.3) is 0 Å². The molecule has 0 aromatic rings. The van der Waals surface area contributed by atoms with Gasteiger partial charge in [-0.1, -0.05) is 45.3 Å². The van der Waals surface area contributed by atoms with Crippen molar-refractivity contribution in [3.8, 4) is 0 Å². The summed E-state index contributed by atoms with van der Waals surface area (Å²) in [6.07, 6.45) is 12.9. The van der Waals surface area contributed by atoms with Crippen molar-refractivity contribution in [1.29, 1.82) is 0 Å². The molecule has 0 saturated carbocycles. The fourth-order valence-corrected chi connectivity index (χ4v) is 0.937. The molecule has 0 N–H and O–H groups in total. The molecule has 0 aliphatic carbocycles. The predicted molar refractivity (Wildman–Crippen MR) is 52.2 cm³/mol. The Morgan fingerprint density at radius 3 is 1.82 bits per heavy atom. The van der Waals surface area contributed by atoms with Gasteiger partial charge in [-0.3, -0.25) is 0 Å². The molecule has 0 aliphatic heterocycles. The van der Waals surface area contributed by atoms with E-state index in [1.54, 1.807) is 0 Å². The summed E-state index contributed by atoms with van der Waals surface area (Å²) in [7, 11) is 0. The molecule has 0 fully saturated rings. The fraction of sp³-hybridized carbons (Fsp3) is 0.636. The van der Waals surface area contributed by atoms with E-state index in [0.29, 0.717) is 0 Å². The minimum absolute atomic E-state index is 1.06. The van der Waals surface area contributed by atoms with Gasteiger partial charge in [-0.2, -0.15) is 0 Å². The Hall–Kier alpha value is -0.260. The first-order chi connectivity index (χ1) is 5.41. The van der Waals surface area contributed by atoms with Crippen molar-refractivity contribution in [3.05, 3.63) is 26.0 Å². The topological polar surface area (TPSA) is 0 Å². The second-order valence-electron chi connectivity index (χ2n) is 2.82. The Bertz CT molecular complexity index is 82.0. The maximum atomic E-state index is 3.80. The highest BCUT2D eigenvalue weighted by molar-refractivity contribution is 4.81. The van der Waals surface area contributed by atoms with Crippen molar-refractivity contribution in [3.63, 3.8) is 0 Å². The van der Waals surface area contributed by atoms with Gasteiger partial charge in [-0.05, 0) is 25.7 Å². The lowest BCUT2D eigenvalue weighted by Crippen LogP contribution is -1.71. The monoisotopic (exact) mass is 152 g/mol. The van der Waals surface area contributed by atoms with Crippen LogP contribution in [0.4, 0.5) is 0 Å². The zero-order valence-corrected chi connectivity index (χ0v) is 7.52. The van der Waals surface area contributed by atoms with Gasteiger partial charge in [-0.15, -0.1) is 0 Å². The largest absolute Gasteiger partial charge is 0.0885 e. The molecular formula is C11H20. The van der Waals surface area contributed by atoms with Gasteiger partial charge in [0.1, 0.15) is 0 Å². The summed E-state index contributed by atoms with van der Waals surface area (Å²) in [4.78, 5) is 0. The van der Waals surface area contributed by atoms with E-state index in [4.69, 9.17) is 0 Å². The van der Waals surface area contributed by atoms with Crippen LogP contribution in [0, 0.1) is 13.8 Å². The van der Waals surface area contributed by atoms with Crippen LogP contribution in [0.25, 0.3) is 0 Å². The van der Waals surface area contributed by atoms with Crippen LogP contribution in [0.5, 0.6) is 0 Å². The second-order valence-corrected chi connectivity index (χ2v) is 2.82. The van der Waals surface area contributed by atoms with E-state index >= 15 is 0 Å². The third-order valence-electron chi connectivity index (χ3n) is 1.66. The maximum Gasteiger partial charge on any atom is -0.0351 e. The van der Waals surface area contributed by atoms with Gasteiger partial charge in [0.05, 0.1) is 0 Å². The van der Waals surface area contributed by atoms with Crippen LogP contribution >= 0.6 is 0 Å². The van der Waals surface area contributed by atoms with E-state index in [9.17, 15) is 0 Å². The van der Waals surface area contributed by atoms with Crippen molar-refractivity contribution in [2.75, 3.05) is 0 Å². The van der Waals surface area contributed by atoms with Crippen LogP contribution < -0.4 is 0 Å². The SMILES string of the molecule is [CH2]CCC/C=C/CCCC[CH2]. The molecule has 0 heteroatoms. The van der Waals surface area contributed by atoms with Crippen LogP contribution in [0.1, 0.15) is 44.9 Å². The Labute approximate surface area is 71.7 Å². The zero-order chi connectivity index (χ0) is 8.36. The lowest BCUT2D eigenvalue weighted by atomic mass is 10.2. The summed E-state index contributed by atoms with van der Waals surface area (Å²) in [5.74, 6) is 0. The zero-order valence-electron chi connectivity index (χ0n) is 7.52. The lowest BCUT2D eigenvalue weighted by Gasteiger charge is -1.91. The molecule has 0 heterocycles. The Morgan fingerprint density at radius 2 is 1.27 bits per heavy atom. The first-order valence-corrected chi connectivity index (χ1v) is 4.65. The lowest BCUT2D eigenvalue weighted by molar-refractivity contribution is 0.757. The fourth-order valence-electron chi connectivity index (χ4n) is 0.937. The number of hydrogen-bond acceptors (Lipinski definition) is 0. The molecule has 0 saturated heterocycles. The van der Waals surface area contributed by atoms with Gasteiger partial charge in [0.2, 0.25) is 0 Å². The average molecular weight is 152 g/mol. The van der Waals surface area contributed by atoms with Crippen molar-refractivity contribution >= 4 is 0 Å². The van der Waals surface area contributed by atoms with Gasteiger partial charge in [-0.25, -0.2) is 0 Å². The van der Waals surface area contributed by atoms with Crippen LogP contribution in [0.3, 0.4) is 0 Å². The first kappa shape index (κ1) is 10.7. The molecule has 0 amide bonds. The van der Waals surface area contributed by atoms with Crippen LogP contribution in [0.15, 0.2) is 12.2 Å². The van der Waals surface area contributed by atoms with E-state index in [1.807, 2.05) is 0 Å². The van der Waals surface area contributed by atoms with Gasteiger partial charge >= 0.3 is 0 Å². The highest BCUT2D eigenvalue weighted by Gasteiger charge is 1.81. The predicted octanol–water partition coefficient (Wildman–Crippen LogP) is 3.94. The summed E-state index contributed by atoms with van der Waals surface area (Å²) in [6.45, 7) is 7.59. The summed E-state index contributed by atoms with van der Waals surface area (Å²) >= 11 is 0. The van der Waals surface area contributed by atoms with E-state index in [2.05, 4.69) is 26.0 Å². The summed E-state index contributed by atoms with van der Waals surface area (Å²) in [6, 6.07) is 0. The summed E-state index contributed by atoms with van der Waals surface area (Å²) < 4.78 is 0. The van der Waals surface area contributed by atoms with Crippen molar-refractivity contribution < 1.29 is 0 Å². The molecule has 0 aliphatic rings. The molecule has 0 spiro atoms. The molecular weight excluding hydrogens is 132 g/mol. The van der Waals surface area contributed by atoms with E-state index in [0.717, 1.165) is 12.8 Å². The molecule has 0 unspecified atom stereocenters. The first-order valence-electron chi connectivity index (χ1n) is 4.65. The molecule has 0 bridgehead atoms. The third kappa shape index (κ3) is 9.74. The van der Waals surface area contributed by atoms with E-state index < -0.39 is 0 Å². The molecule has 64 valence electrons. The highest BCUT2D eigenvalue weighted by atomic mass is 13.9. The smallest absolute Gasteiger partial charge is 0.0351 e.